The topological polar surface area (TPSA) is 67.7 Å². The van der Waals surface area contributed by atoms with Crippen LogP contribution in [0.2, 0.25) is 0 Å². The van der Waals surface area contributed by atoms with E-state index in [1.54, 1.807) is 4.90 Å². The highest BCUT2D eigenvalue weighted by molar-refractivity contribution is 5.88. The van der Waals surface area contributed by atoms with Crippen LogP contribution in [0.5, 0.6) is 0 Å². The minimum Gasteiger partial charge on any atom is -0.338 e. The number of hydrogen-bond acceptors (Lipinski definition) is 4. The number of carbonyl (C=O) groups excluding carboxylic acids is 2. The summed E-state index contributed by atoms with van der Waals surface area (Å²) in [7, 11) is 0. The Kier molecular flexibility index (Phi) is 7.14. The lowest BCUT2D eigenvalue weighted by molar-refractivity contribution is -0.148. The Hall–Kier alpha value is -2.39. The van der Waals surface area contributed by atoms with Crippen molar-refractivity contribution in [3.8, 4) is 6.07 Å². The van der Waals surface area contributed by atoms with Gasteiger partial charge in [0.05, 0.1) is 6.07 Å². The first-order valence-corrected chi connectivity index (χ1v) is 11.1. The molecule has 30 heavy (non-hydrogen) atoms. The van der Waals surface area contributed by atoms with E-state index in [9.17, 15) is 14.9 Å². The molecule has 0 aliphatic carbocycles. The van der Waals surface area contributed by atoms with Crippen molar-refractivity contribution in [2.24, 2.45) is 11.8 Å². The van der Waals surface area contributed by atoms with E-state index in [1.807, 2.05) is 30.9 Å². The van der Waals surface area contributed by atoms with E-state index >= 15 is 0 Å². The molecule has 0 spiro atoms. The van der Waals surface area contributed by atoms with Crippen molar-refractivity contribution in [2.75, 3.05) is 26.2 Å². The summed E-state index contributed by atoms with van der Waals surface area (Å²) in [5.74, 6) is 0.615. The van der Waals surface area contributed by atoms with Gasteiger partial charge in [0.1, 0.15) is 12.1 Å². The predicted molar refractivity (Wildman–Crippen MR) is 116 cm³/mol. The SMILES string of the molecule is CC(C)CC(=O)N1Cc2ccccc2CC1C(=O)N1CCN(C(C#N)C(C)C)CC1. The third kappa shape index (κ3) is 4.84. The molecule has 2 amide bonds. The van der Waals surface area contributed by atoms with Crippen molar-refractivity contribution in [3.63, 3.8) is 0 Å². The van der Waals surface area contributed by atoms with E-state index in [2.05, 4.69) is 36.9 Å². The standard InChI is InChI=1S/C24H34N4O2/c1-17(2)13-23(29)28-16-20-8-6-5-7-19(20)14-21(28)24(30)27-11-9-26(10-12-27)22(15-25)18(3)4/h5-8,17-18,21-22H,9-14,16H2,1-4H3. The highest BCUT2D eigenvalue weighted by Gasteiger charge is 2.38. The Bertz CT molecular complexity index is 806. The van der Waals surface area contributed by atoms with Crippen molar-refractivity contribution < 1.29 is 9.59 Å². The average Bonchev–Trinajstić information content (AvgIpc) is 2.72. The van der Waals surface area contributed by atoms with E-state index < -0.39 is 6.04 Å². The molecule has 1 aromatic rings. The molecule has 0 radical (unpaired) electrons. The number of nitriles is 1. The van der Waals surface area contributed by atoms with Crippen molar-refractivity contribution in [2.45, 2.75) is 59.2 Å². The van der Waals surface area contributed by atoms with E-state index in [4.69, 9.17) is 0 Å². The van der Waals surface area contributed by atoms with Crippen LogP contribution in [0.25, 0.3) is 0 Å². The van der Waals surface area contributed by atoms with Crippen LogP contribution in [0.4, 0.5) is 0 Å². The van der Waals surface area contributed by atoms with Crippen molar-refractivity contribution in [1.82, 2.24) is 14.7 Å². The number of carbonyl (C=O) groups is 2. The molecule has 2 atom stereocenters. The molecule has 2 aliphatic heterocycles. The van der Waals surface area contributed by atoms with Crippen LogP contribution >= 0.6 is 0 Å². The number of benzene rings is 1. The Morgan fingerprint density at radius 1 is 1.07 bits per heavy atom. The van der Waals surface area contributed by atoms with Gasteiger partial charge in [-0.1, -0.05) is 52.0 Å². The molecule has 1 saturated heterocycles. The highest BCUT2D eigenvalue weighted by Crippen LogP contribution is 2.26. The van der Waals surface area contributed by atoms with Crippen molar-refractivity contribution >= 4 is 11.8 Å². The summed E-state index contributed by atoms with van der Waals surface area (Å²) in [6, 6.07) is 9.96. The summed E-state index contributed by atoms with van der Waals surface area (Å²) >= 11 is 0. The fraction of sp³-hybridized carbons (Fsp3) is 0.625. The quantitative estimate of drug-likeness (QED) is 0.748. The minimum atomic E-state index is -0.436. The van der Waals surface area contributed by atoms with Gasteiger partial charge in [-0.3, -0.25) is 14.5 Å². The summed E-state index contributed by atoms with van der Waals surface area (Å²) in [5.41, 5.74) is 2.30. The molecule has 2 heterocycles. The summed E-state index contributed by atoms with van der Waals surface area (Å²) in [6.45, 7) is 11.3. The van der Waals surface area contributed by atoms with Crippen molar-refractivity contribution in [1.29, 1.82) is 5.26 Å². The lowest BCUT2D eigenvalue weighted by atomic mass is 9.92. The van der Waals surface area contributed by atoms with Crippen LogP contribution in [0.1, 0.15) is 45.2 Å². The van der Waals surface area contributed by atoms with Gasteiger partial charge in [-0.25, -0.2) is 0 Å². The molecule has 1 aromatic carbocycles. The van der Waals surface area contributed by atoms with Gasteiger partial charge in [-0.05, 0) is 23.0 Å². The van der Waals surface area contributed by atoms with Gasteiger partial charge in [-0.2, -0.15) is 5.26 Å². The lowest BCUT2D eigenvalue weighted by Gasteiger charge is -2.42. The van der Waals surface area contributed by atoms with Gasteiger partial charge in [0.25, 0.3) is 0 Å². The van der Waals surface area contributed by atoms with E-state index in [0.717, 1.165) is 11.1 Å². The zero-order chi connectivity index (χ0) is 21.8. The molecule has 0 bridgehead atoms. The maximum Gasteiger partial charge on any atom is 0.245 e. The second kappa shape index (κ2) is 9.61. The number of rotatable bonds is 5. The molecule has 2 aliphatic rings. The molecule has 6 nitrogen and oxygen atoms in total. The summed E-state index contributed by atoms with van der Waals surface area (Å²) < 4.78 is 0. The lowest BCUT2D eigenvalue weighted by Crippen LogP contribution is -2.59. The van der Waals surface area contributed by atoms with E-state index in [0.29, 0.717) is 45.6 Å². The summed E-state index contributed by atoms with van der Waals surface area (Å²) in [6.07, 6.45) is 1.03. The predicted octanol–water partition coefficient (Wildman–Crippen LogP) is 2.68. The Labute approximate surface area is 180 Å². The molecule has 3 rings (SSSR count). The van der Waals surface area contributed by atoms with Crippen LogP contribution in [0, 0.1) is 23.2 Å². The van der Waals surface area contributed by atoms with Gasteiger partial charge in [-0.15, -0.1) is 0 Å². The Morgan fingerprint density at radius 3 is 2.27 bits per heavy atom. The van der Waals surface area contributed by atoms with Crippen LogP contribution in [0.3, 0.4) is 0 Å². The van der Waals surface area contributed by atoms with Gasteiger partial charge in [0.2, 0.25) is 11.8 Å². The zero-order valence-electron chi connectivity index (χ0n) is 18.7. The molecule has 0 N–H and O–H groups in total. The van der Waals surface area contributed by atoms with Gasteiger partial charge in [0, 0.05) is 45.6 Å². The van der Waals surface area contributed by atoms with Gasteiger partial charge >= 0.3 is 0 Å². The fourth-order valence-corrected chi connectivity index (χ4v) is 4.56. The molecule has 162 valence electrons. The first-order chi connectivity index (χ1) is 14.3. The molecular weight excluding hydrogens is 376 g/mol. The maximum absolute atomic E-state index is 13.5. The Morgan fingerprint density at radius 2 is 1.70 bits per heavy atom. The zero-order valence-corrected chi connectivity index (χ0v) is 18.7. The largest absolute Gasteiger partial charge is 0.338 e. The maximum atomic E-state index is 13.5. The first kappa shape index (κ1) is 22.3. The number of nitrogens with zero attached hydrogens (tertiary/aromatic N) is 4. The number of hydrogen-bond donors (Lipinski definition) is 0. The van der Waals surface area contributed by atoms with Crippen molar-refractivity contribution in [3.05, 3.63) is 35.4 Å². The monoisotopic (exact) mass is 410 g/mol. The minimum absolute atomic E-state index is 0.0410. The third-order valence-corrected chi connectivity index (χ3v) is 6.22. The van der Waals surface area contributed by atoms with Crippen LogP contribution in [-0.2, 0) is 22.6 Å². The number of fused-ring (bicyclic) bond motifs is 1. The molecular formula is C24H34N4O2. The number of amides is 2. The normalized spacial score (nSPS) is 20.8. The first-order valence-electron chi connectivity index (χ1n) is 11.1. The van der Waals surface area contributed by atoms with Crippen LogP contribution in [0.15, 0.2) is 24.3 Å². The molecule has 6 heteroatoms. The summed E-state index contributed by atoms with van der Waals surface area (Å²) in [5, 5.41) is 9.47. The average molecular weight is 411 g/mol. The van der Waals surface area contributed by atoms with E-state index in [-0.39, 0.29) is 29.7 Å². The number of piperazine rings is 1. The smallest absolute Gasteiger partial charge is 0.245 e. The van der Waals surface area contributed by atoms with E-state index in [1.165, 1.54) is 0 Å². The third-order valence-electron chi connectivity index (χ3n) is 6.22. The van der Waals surface area contributed by atoms with Crippen LogP contribution < -0.4 is 0 Å². The molecule has 0 saturated carbocycles. The Balaban J connectivity index is 1.74. The second-order valence-electron chi connectivity index (χ2n) is 9.29. The van der Waals surface area contributed by atoms with Gasteiger partial charge < -0.3 is 9.80 Å². The van der Waals surface area contributed by atoms with Gasteiger partial charge in [0.15, 0.2) is 0 Å². The molecule has 0 aromatic heterocycles. The molecule has 1 fully saturated rings. The van der Waals surface area contributed by atoms with Crippen LogP contribution in [-0.4, -0.2) is 64.8 Å². The molecule has 2 unspecified atom stereocenters. The fourth-order valence-electron chi connectivity index (χ4n) is 4.56. The second-order valence-corrected chi connectivity index (χ2v) is 9.29. The summed E-state index contributed by atoms with van der Waals surface area (Å²) in [4.78, 5) is 32.3. The highest BCUT2D eigenvalue weighted by atomic mass is 16.2.